The van der Waals surface area contributed by atoms with Gasteiger partial charge in [-0.05, 0) is 79.5 Å². The van der Waals surface area contributed by atoms with Gasteiger partial charge in [0, 0.05) is 31.1 Å². The van der Waals surface area contributed by atoms with Crippen molar-refractivity contribution in [1.82, 2.24) is 0 Å². The predicted octanol–water partition coefficient (Wildman–Crippen LogP) is 2.93. The summed E-state index contributed by atoms with van der Waals surface area (Å²) in [6, 6.07) is 1.95. The maximum absolute atomic E-state index is 13.5. The second-order valence-corrected chi connectivity index (χ2v) is 11.3. The Balaban J connectivity index is 1.83. The molecule has 1 aromatic rings. The second-order valence-electron chi connectivity index (χ2n) is 11.3. The van der Waals surface area contributed by atoms with Gasteiger partial charge >= 0.3 is 5.97 Å². The molecule has 1 heterocycles. The molecule has 5 N–H and O–H groups in total. The number of carbonyl (C=O) groups excluding carboxylic acids is 4. The molecule has 0 saturated carbocycles. The highest BCUT2D eigenvalue weighted by molar-refractivity contribution is 6.02. The maximum Gasteiger partial charge on any atom is 0.356 e. The number of amides is 1. The topological polar surface area (TPSA) is 177 Å². The van der Waals surface area contributed by atoms with Gasteiger partial charge in [-0.1, -0.05) is 19.9 Å². The lowest BCUT2D eigenvalue weighted by Gasteiger charge is -2.32. The van der Waals surface area contributed by atoms with Crippen LogP contribution in [0, 0.1) is 17.8 Å². The lowest BCUT2D eigenvalue weighted by molar-refractivity contribution is -0.138. The molecule has 1 amide bonds. The highest BCUT2D eigenvalue weighted by Crippen LogP contribution is 2.42. The van der Waals surface area contributed by atoms with Crippen LogP contribution in [0.3, 0.4) is 0 Å². The van der Waals surface area contributed by atoms with Gasteiger partial charge in [0.15, 0.2) is 5.78 Å². The summed E-state index contributed by atoms with van der Waals surface area (Å²) in [5.41, 5.74) is 9.03. The summed E-state index contributed by atoms with van der Waals surface area (Å²) in [5.74, 6) is -3.28. The number of nitrogens with zero attached hydrogens (tertiary/aromatic N) is 1. The molecular weight excluding hydrogens is 528 g/mol. The number of allylic oxidation sites excluding steroid dienone is 1. The minimum absolute atomic E-state index is 0.0261. The van der Waals surface area contributed by atoms with Gasteiger partial charge in [-0.2, -0.15) is 0 Å². The number of phenolic OH excluding ortho intramolecular Hbond substituents is 1. The average Bonchev–Trinajstić information content (AvgIpc) is 3.37. The number of esters is 1. The van der Waals surface area contributed by atoms with E-state index in [1.807, 2.05) is 19.9 Å². The van der Waals surface area contributed by atoms with Crippen LogP contribution in [-0.2, 0) is 32.0 Å². The van der Waals surface area contributed by atoms with Gasteiger partial charge in [0.2, 0.25) is 5.91 Å². The third kappa shape index (κ3) is 7.89. The molecule has 0 radical (unpaired) electrons. The minimum Gasteiger partial charge on any atom is -0.507 e. The fourth-order valence-electron chi connectivity index (χ4n) is 6.05. The number of aliphatic hydroxyl groups is 2. The predicted molar refractivity (Wildman–Crippen MR) is 153 cm³/mol. The van der Waals surface area contributed by atoms with Crippen LogP contribution < -0.4 is 5.73 Å². The fourth-order valence-corrected chi connectivity index (χ4v) is 6.05. The molecule has 1 aromatic carbocycles. The van der Waals surface area contributed by atoms with Crippen LogP contribution in [0.25, 0.3) is 0 Å². The number of fused-ring (bicyclic) bond motifs is 1. The van der Waals surface area contributed by atoms with Crippen molar-refractivity contribution in [3.8, 4) is 5.75 Å². The van der Waals surface area contributed by atoms with Gasteiger partial charge in [-0.15, -0.1) is 0 Å². The molecule has 0 spiro atoms. The number of Topliss-reactive ketones (excluding diaryl/α,β-unsaturated/α-hetero) is 2. The molecule has 0 saturated heterocycles. The minimum atomic E-state index is -0.858. The van der Waals surface area contributed by atoms with Crippen molar-refractivity contribution >= 4 is 29.2 Å². The Morgan fingerprint density at radius 1 is 1.17 bits per heavy atom. The summed E-state index contributed by atoms with van der Waals surface area (Å²) in [6.07, 6.45) is 4.06. The van der Waals surface area contributed by atoms with E-state index in [2.05, 4.69) is 4.99 Å². The number of hydrogen-bond acceptors (Lipinski definition) is 9. The molecule has 3 unspecified atom stereocenters. The van der Waals surface area contributed by atoms with Gasteiger partial charge in [0.1, 0.15) is 17.2 Å². The van der Waals surface area contributed by atoms with Gasteiger partial charge in [0.05, 0.1) is 25.2 Å². The highest BCUT2D eigenvalue weighted by atomic mass is 16.5. The number of primary amides is 1. The zero-order chi connectivity index (χ0) is 30.3. The first kappa shape index (κ1) is 32.1. The van der Waals surface area contributed by atoms with E-state index >= 15 is 0 Å². The molecule has 3 atom stereocenters. The quantitative estimate of drug-likeness (QED) is 0.184. The molecule has 0 fully saturated rings. The lowest BCUT2D eigenvalue weighted by Crippen LogP contribution is -2.34. The largest absolute Gasteiger partial charge is 0.507 e. The normalized spacial score (nSPS) is 18.0. The number of rotatable bonds is 15. The van der Waals surface area contributed by atoms with Gasteiger partial charge in [-0.25, -0.2) is 4.79 Å². The number of ketones is 2. The monoisotopic (exact) mass is 570 g/mol. The fraction of sp³-hybridized carbons (Fsp3) is 0.581. The van der Waals surface area contributed by atoms with Gasteiger partial charge < -0.3 is 25.8 Å². The molecule has 41 heavy (non-hydrogen) atoms. The number of aliphatic imine (C=N–C) groups is 1. The second kappa shape index (κ2) is 14.5. The first-order chi connectivity index (χ1) is 19.5. The molecule has 1 aliphatic carbocycles. The number of nitrogens with two attached hydrogens (primary N) is 1. The summed E-state index contributed by atoms with van der Waals surface area (Å²) in [6.45, 7) is 5.39. The summed E-state index contributed by atoms with van der Waals surface area (Å²) in [7, 11) is 0. The zero-order valence-corrected chi connectivity index (χ0v) is 24.1. The number of ether oxygens (including phenoxy) is 1. The summed E-state index contributed by atoms with van der Waals surface area (Å²) in [5, 5.41) is 30.8. The van der Waals surface area contributed by atoms with Crippen LogP contribution >= 0.6 is 0 Å². The third-order valence-electron chi connectivity index (χ3n) is 8.03. The maximum atomic E-state index is 13.5. The highest BCUT2D eigenvalue weighted by Gasteiger charge is 2.36. The number of benzene rings is 1. The molecule has 1 aliphatic heterocycles. The first-order valence-electron chi connectivity index (χ1n) is 14.4. The van der Waals surface area contributed by atoms with E-state index in [0.29, 0.717) is 48.9 Å². The Hall–Kier alpha value is -3.37. The summed E-state index contributed by atoms with van der Waals surface area (Å²) < 4.78 is 5.01. The molecular formula is C31H42N2O8. The first-order valence-corrected chi connectivity index (χ1v) is 14.4. The van der Waals surface area contributed by atoms with Crippen molar-refractivity contribution in [2.45, 2.75) is 78.1 Å². The Kier molecular flexibility index (Phi) is 11.4. The van der Waals surface area contributed by atoms with E-state index in [0.717, 1.165) is 16.8 Å². The van der Waals surface area contributed by atoms with Crippen molar-refractivity contribution in [1.29, 1.82) is 0 Å². The number of aromatic hydroxyl groups is 1. The molecule has 0 aromatic heterocycles. The van der Waals surface area contributed by atoms with Crippen LogP contribution in [0.5, 0.6) is 5.75 Å². The van der Waals surface area contributed by atoms with Crippen LogP contribution in [0.1, 0.15) is 92.3 Å². The summed E-state index contributed by atoms with van der Waals surface area (Å²) >= 11 is 0. The van der Waals surface area contributed by atoms with Crippen molar-refractivity contribution in [2.75, 3.05) is 19.8 Å². The molecule has 2 aliphatic rings. The van der Waals surface area contributed by atoms with Gasteiger partial charge in [0.25, 0.3) is 0 Å². The Labute approximate surface area is 240 Å². The van der Waals surface area contributed by atoms with Crippen LogP contribution in [0.4, 0.5) is 0 Å². The van der Waals surface area contributed by atoms with Crippen molar-refractivity contribution < 1.29 is 39.2 Å². The Bertz CT molecular complexity index is 1230. The van der Waals surface area contributed by atoms with Crippen LogP contribution in [0.15, 0.2) is 22.8 Å². The number of aryl methyl sites for hydroxylation is 1. The number of phenols is 1. The number of aliphatic hydroxyl groups excluding tert-OH is 2. The Morgan fingerprint density at radius 3 is 2.51 bits per heavy atom. The van der Waals surface area contributed by atoms with Crippen LogP contribution in [-0.4, -0.2) is 64.3 Å². The average molecular weight is 571 g/mol. The molecule has 0 bridgehead atoms. The van der Waals surface area contributed by atoms with Crippen LogP contribution in [0.2, 0.25) is 0 Å². The molecule has 10 nitrogen and oxygen atoms in total. The zero-order valence-electron chi connectivity index (χ0n) is 24.1. The third-order valence-corrected chi connectivity index (χ3v) is 8.03. The standard InChI is InChI=1S/C31H42N2O8/c1-4-41-31(40)25-8-7-21(33-25)6-5-20-14-22(17(2)3)23-12-18(13-27(37)29(23)30(20)39)11-19(9-10-34)24(16-35)26(36)15-28(32)38/h8,14,17-19,24,34-35,39H,4-7,9-13,15-16H2,1-3H3,(H2,32,38). The Morgan fingerprint density at radius 2 is 1.90 bits per heavy atom. The smallest absolute Gasteiger partial charge is 0.356 e. The van der Waals surface area contributed by atoms with Crippen molar-refractivity contribution in [3.63, 3.8) is 0 Å². The van der Waals surface area contributed by atoms with E-state index in [9.17, 15) is 34.5 Å². The molecule has 224 valence electrons. The van der Waals surface area contributed by atoms with E-state index in [4.69, 9.17) is 10.5 Å². The van der Waals surface area contributed by atoms with Gasteiger partial charge in [-0.3, -0.25) is 19.4 Å². The van der Waals surface area contributed by atoms with E-state index < -0.39 is 42.5 Å². The summed E-state index contributed by atoms with van der Waals surface area (Å²) in [4.78, 5) is 53.7. The van der Waals surface area contributed by atoms with E-state index in [-0.39, 0.29) is 49.4 Å². The number of carbonyl (C=O) groups is 4. The van der Waals surface area contributed by atoms with E-state index in [1.54, 1.807) is 13.0 Å². The van der Waals surface area contributed by atoms with E-state index in [1.165, 1.54) is 0 Å². The SMILES string of the molecule is CCOC(=O)C1=CCC(CCc2cc(C(C)C)c3c(c2O)C(=O)CC(CC(CCO)C(CO)C(=O)CC(N)=O)C3)=N1. The molecule has 10 heteroatoms. The van der Waals surface area contributed by atoms with Crippen molar-refractivity contribution in [3.05, 3.63) is 40.1 Å². The number of hydrogen-bond donors (Lipinski definition) is 4. The van der Waals surface area contributed by atoms with Crippen molar-refractivity contribution in [2.24, 2.45) is 28.5 Å². The molecule has 3 rings (SSSR count). The lowest BCUT2D eigenvalue weighted by atomic mass is 9.71.